The predicted octanol–water partition coefficient (Wildman–Crippen LogP) is 3.03. The normalized spacial score (nSPS) is 14.0. The Morgan fingerprint density at radius 2 is 2.29 bits per heavy atom. The van der Waals surface area contributed by atoms with Crippen LogP contribution in [-0.4, -0.2) is 20.4 Å². The number of aromatic nitrogens is 2. The summed E-state index contributed by atoms with van der Waals surface area (Å²) in [5.41, 5.74) is 0.531. The molecule has 0 spiro atoms. The number of carbonyl (C=O) groups excluding carboxylic acids is 1. The Morgan fingerprint density at radius 3 is 2.90 bits per heavy atom. The topological polar surface area (TPSA) is 90.1 Å². The van der Waals surface area contributed by atoms with Gasteiger partial charge in [0.2, 0.25) is 0 Å². The molecule has 1 saturated carbocycles. The number of nitro groups is 1. The van der Waals surface area contributed by atoms with Gasteiger partial charge in [0.25, 0.3) is 11.6 Å². The van der Waals surface area contributed by atoms with Crippen LogP contribution in [0.25, 0.3) is 0 Å². The van der Waals surface area contributed by atoms with Crippen LogP contribution in [0.5, 0.6) is 0 Å². The average molecular weight is 307 g/mol. The van der Waals surface area contributed by atoms with Gasteiger partial charge in [0.05, 0.1) is 28.0 Å². The molecule has 1 fully saturated rings. The summed E-state index contributed by atoms with van der Waals surface area (Å²) in [6.07, 6.45) is 6.17. The maximum atomic E-state index is 12.3. The lowest BCUT2D eigenvalue weighted by molar-refractivity contribution is -0.384. The third kappa shape index (κ3) is 2.73. The van der Waals surface area contributed by atoms with Crippen LogP contribution in [0, 0.1) is 10.1 Å². The van der Waals surface area contributed by atoms with Crippen molar-refractivity contribution in [2.75, 3.05) is 5.32 Å². The van der Waals surface area contributed by atoms with E-state index in [1.54, 1.807) is 10.6 Å². The SMILES string of the molecule is O=C(Nc1cnccc1Cl)c1cc([N+](=O)[O-])cn1C1CC1. The Hall–Kier alpha value is -2.41. The van der Waals surface area contributed by atoms with Crippen LogP contribution >= 0.6 is 11.6 Å². The lowest BCUT2D eigenvalue weighted by atomic mass is 10.3. The standard InChI is InChI=1S/C13H11ClN4O3/c14-10-3-4-15-6-11(10)16-13(19)12-5-9(18(20)21)7-17(12)8-1-2-8/h3-8H,1-2H2,(H,16,19). The molecule has 8 heteroatoms. The first-order chi connectivity index (χ1) is 10.1. The molecule has 1 amide bonds. The number of anilines is 1. The van der Waals surface area contributed by atoms with Crippen LogP contribution < -0.4 is 5.32 Å². The number of hydrogen-bond donors (Lipinski definition) is 1. The van der Waals surface area contributed by atoms with Crippen LogP contribution in [0.4, 0.5) is 11.4 Å². The molecule has 21 heavy (non-hydrogen) atoms. The second kappa shape index (κ2) is 5.17. The lowest BCUT2D eigenvalue weighted by Crippen LogP contribution is -2.16. The number of hydrogen-bond acceptors (Lipinski definition) is 4. The Labute approximate surface area is 124 Å². The maximum Gasteiger partial charge on any atom is 0.287 e. The third-order valence-electron chi connectivity index (χ3n) is 3.23. The molecule has 2 heterocycles. The van der Waals surface area contributed by atoms with Crippen LogP contribution in [0.15, 0.2) is 30.7 Å². The quantitative estimate of drug-likeness (QED) is 0.694. The van der Waals surface area contributed by atoms with Gasteiger partial charge in [-0.2, -0.15) is 0 Å². The van der Waals surface area contributed by atoms with E-state index in [0.717, 1.165) is 12.8 Å². The summed E-state index contributed by atoms with van der Waals surface area (Å²) < 4.78 is 1.65. The van der Waals surface area contributed by atoms with E-state index in [1.807, 2.05) is 0 Å². The summed E-state index contributed by atoms with van der Waals surface area (Å²) in [6.45, 7) is 0. The highest BCUT2D eigenvalue weighted by Gasteiger charge is 2.30. The summed E-state index contributed by atoms with van der Waals surface area (Å²) in [4.78, 5) is 26.6. The number of rotatable bonds is 4. The van der Waals surface area contributed by atoms with Crippen molar-refractivity contribution in [3.63, 3.8) is 0 Å². The number of amides is 1. The molecular weight excluding hydrogens is 296 g/mol. The maximum absolute atomic E-state index is 12.3. The number of halogens is 1. The summed E-state index contributed by atoms with van der Waals surface area (Å²) in [7, 11) is 0. The molecule has 0 atom stereocenters. The van der Waals surface area contributed by atoms with Gasteiger partial charge < -0.3 is 9.88 Å². The minimum atomic E-state index is -0.507. The first kappa shape index (κ1) is 13.6. The van der Waals surface area contributed by atoms with E-state index < -0.39 is 10.8 Å². The van der Waals surface area contributed by atoms with Gasteiger partial charge in [-0.1, -0.05) is 11.6 Å². The molecule has 1 aliphatic carbocycles. The van der Waals surface area contributed by atoms with Crippen molar-refractivity contribution in [3.05, 3.63) is 51.6 Å². The third-order valence-corrected chi connectivity index (χ3v) is 3.56. The molecule has 0 aromatic carbocycles. The molecule has 0 aliphatic heterocycles. The van der Waals surface area contributed by atoms with Crippen molar-refractivity contribution in [2.45, 2.75) is 18.9 Å². The van der Waals surface area contributed by atoms with Crippen molar-refractivity contribution in [3.8, 4) is 0 Å². The molecular formula is C13H11ClN4O3. The van der Waals surface area contributed by atoms with Gasteiger partial charge in [0, 0.05) is 18.3 Å². The second-order valence-corrected chi connectivity index (χ2v) is 5.20. The van der Waals surface area contributed by atoms with Gasteiger partial charge in [-0.25, -0.2) is 0 Å². The van der Waals surface area contributed by atoms with Crippen LogP contribution in [0.3, 0.4) is 0 Å². The molecule has 0 bridgehead atoms. The van der Waals surface area contributed by atoms with E-state index in [1.165, 1.54) is 24.7 Å². The van der Waals surface area contributed by atoms with Crippen LogP contribution in [-0.2, 0) is 0 Å². The molecule has 2 aromatic rings. The van der Waals surface area contributed by atoms with Gasteiger partial charge in [0.15, 0.2) is 0 Å². The Balaban J connectivity index is 1.90. The van der Waals surface area contributed by atoms with E-state index in [2.05, 4.69) is 10.3 Å². The molecule has 108 valence electrons. The molecule has 0 radical (unpaired) electrons. The smallest absolute Gasteiger partial charge is 0.287 e. The zero-order chi connectivity index (χ0) is 15.0. The molecule has 2 aromatic heterocycles. The zero-order valence-electron chi connectivity index (χ0n) is 10.8. The van der Waals surface area contributed by atoms with Crippen molar-refractivity contribution >= 4 is 28.9 Å². The van der Waals surface area contributed by atoms with E-state index in [-0.39, 0.29) is 17.4 Å². The van der Waals surface area contributed by atoms with Crippen LogP contribution in [0.1, 0.15) is 29.4 Å². The Morgan fingerprint density at radius 1 is 1.52 bits per heavy atom. The summed E-state index contributed by atoms with van der Waals surface area (Å²) in [5, 5.41) is 13.9. The number of nitrogens with zero attached hydrogens (tertiary/aromatic N) is 3. The van der Waals surface area contributed by atoms with Gasteiger partial charge in [0.1, 0.15) is 5.69 Å². The molecule has 3 rings (SSSR count). The Kier molecular flexibility index (Phi) is 3.34. The number of carbonyl (C=O) groups is 1. The molecule has 7 nitrogen and oxygen atoms in total. The fourth-order valence-electron chi connectivity index (χ4n) is 2.06. The van der Waals surface area contributed by atoms with Crippen molar-refractivity contribution < 1.29 is 9.72 Å². The van der Waals surface area contributed by atoms with E-state index in [0.29, 0.717) is 10.7 Å². The van der Waals surface area contributed by atoms with Crippen molar-refractivity contribution in [1.29, 1.82) is 0 Å². The monoisotopic (exact) mass is 306 g/mol. The highest BCUT2D eigenvalue weighted by atomic mass is 35.5. The molecule has 1 N–H and O–H groups in total. The van der Waals surface area contributed by atoms with Gasteiger partial charge in [-0.3, -0.25) is 19.9 Å². The second-order valence-electron chi connectivity index (χ2n) is 4.79. The molecule has 0 unspecified atom stereocenters. The lowest BCUT2D eigenvalue weighted by Gasteiger charge is -2.08. The fraction of sp³-hybridized carbons (Fsp3) is 0.231. The van der Waals surface area contributed by atoms with Gasteiger partial charge in [-0.05, 0) is 18.9 Å². The first-order valence-corrected chi connectivity index (χ1v) is 6.71. The number of pyridine rings is 1. The first-order valence-electron chi connectivity index (χ1n) is 6.33. The van der Waals surface area contributed by atoms with E-state index in [9.17, 15) is 14.9 Å². The van der Waals surface area contributed by atoms with Crippen LogP contribution in [0.2, 0.25) is 5.02 Å². The minimum Gasteiger partial charge on any atom is -0.334 e. The average Bonchev–Trinajstić information content (AvgIpc) is 3.19. The van der Waals surface area contributed by atoms with Gasteiger partial charge >= 0.3 is 0 Å². The fourth-order valence-corrected chi connectivity index (χ4v) is 2.21. The van der Waals surface area contributed by atoms with Crippen molar-refractivity contribution in [1.82, 2.24) is 9.55 Å². The summed E-state index contributed by atoms with van der Waals surface area (Å²) in [5.74, 6) is -0.440. The zero-order valence-corrected chi connectivity index (χ0v) is 11.6. The highest BCUT2D eigenvalue weighted by Crippen LogP contribution is 2.38. The molecule has 0 saturated heterocycles. The predicted molar refractivity (Wildman–Crippen MR) is 76.6 cm³/mol. The van der Waals surface area contributed by atoms with Gasteiger partial charge in [-0.15, -0.1) is 0 Å². The van der Waals surface area contributed by atoms with E-state index >= 15 is 0 Å². The summed E-state index contributed by atoms with van der Waals surface area (Å²) >= 11 is 5.96. The van der Waals surface area contributed by atoms with E-state index in [4.69, 9.17) is 11.6 Å². The van der Waals surface area contributed by atoms with Crippen molar-refractivity contribution in [2.24, 2.45) is 0 Å². The molecule has 1 aliphatic rings. The summed E-state index contributed by atoms with van der Waals surface area (Å²) in [6, 6.07) is 2.99. The largest absolute Gasteiger partial charge is 0.334 e. The highest BCUT2D eigenvalue weighted by molar-refractivity contribution is 6.33. The minimum absolute atomic E-state index is 0.0932. The Bertz CT molecular complexity index is 724. The number of nitrogens with one attached hydrogen (secondary N) is 1.